The minimum atomic E-state index is -1.02. The number of hydrogen-bond acceptors (Lipinski definition) is 3. The molecule has 2 unspecified atom stereocenters. The van der Waals surface area contributed by atoms with Crippen LogP contribution in [0.2, 0.25) is 0 Å². The van der Waals surface area contributed by atoms with Gasteiger partial charge in [0.25, 0.3) is 0 Å². The van der Waals surface area contributed by atoms with E-state index in [0.717, 1.165) is 12.8 Å². The van der Waals surface area contributed by atoms with E-state index in [-0.39, 0.29) is 5.92 Å². The van der Waals surface area contributed by atoms with Gasteiger partial charge in [-0.25, -0.2) is 0 Å². The van der Waals surface area contributed by atoms with Crippen LogP contribution in [-0.4, -0.2) is 27.8 Å². The van der Waals surface area contributed by atoms with Crippen molar-refractivity contribution in [1.82, 2.24) is 0 Å². The molecule has 0 spiro atoms. The number of aliphatic hydroxyl groups is 1. The van der Waals surface area contributed by atoms with E-state index in [2.05, 4.69) is 0 Å². The van der Waals surface area contributed by atoms with E-state index in [1.807, 2.05) is 0 Å². The van der Waals surface area contributed by atoms with Crippen LogP contribution in [0.3, 0.4) is 0 Å². The quantitative estimate of drug-likeness (QED) is 0.582. The van der Waals surface area contributed by atoms with Gasteiger partial charge in [0.1, 0.15) is 6.04 Å². The van der Waals surface area contributed by atoms with Crippen molar-refractivity contribution in [3.63, 3.8) is 0 Å². The highest BCUT2D eigenvalue weighted by Crippen LogP contribution is 2.34. The van der Waals surface area contributed by atoms with Crippen molar-refractivity contribution < 1.29 is 15.0 Å². The fourth-order valence-electron chi connectivity index (χ4n) is 2.08. The molecule has 0 bridgehead atoms. The molecule has 0 aromatic heterocycles. The van der Waals surface area contributed by atoms with Crippen molar-refractivity contribution in [2.45, 2.75) is 44.2 Å². The van der Waals surface area contributed by atoms with Gasteiger partial charge in [0.15, 0.2) is 0 Å². The minimum absolute atomic E-state index is 0.307. The Labute approximate surface area is 77.7 Å². The van der Waals surface area contributed by atoms with Crippen LogP contribution in [0.15, 0.2) is 0 Å². The smallest absolute Gasteiger partial charge is 0.320 e. The van der Waals surface area contributed by atoms with Crippen LogP contribution >= 0.6 is 0 Å². The second kappa shape index (κ2) is 3.64. The molecule has 0 radical (unpaired) electrons. The number of carboxylic acids is 1. The molecular weight excluding hydrogens is 170 g/mol. The lowest BCUT2D eigenvalue weighted by atomic mass is 9.73. The van der Waals surface area contributed by atoms with Crippen molar-refractivity contribution >= 4 is 5.97 Å². The fourth-order valence-corrected chi connectivity index (χ4v) is 2.08. The second-order valence-corrected chi connectivity index (χ2v) is 4.07. The van der Waals surface area contributed by atoms with Gasteiger partial charge in [0, 0.05) is 5.92 Å². The van der Waals surface area contributed by atoms with Crippen molar-refractivity contribution in [3.05, 3.63) is 0 Å². The van der Waals surface area contributed by atoms with Gasteiger partial charge in [-0.15, -0.1) is 0 Å². The van der Waals surface area contributed by atoms with Crippen LogP contribution in [0.5, 0.6) is 0 Å². The van der Waals surface area contributed by atoms with Crippen LogP contribution in [-0.2, 0) is 4.79 Å². The number of carboxylic acid groups (broad SMARTS) is 1. The summed E-state index contributed by atoms with van der Waals surface area (Å²) in [5.74, 6) is -1.33. The Kier molecular flexibility index (Phi) is 2.93. The summed E-state index contributed by atoms with van der Waals surface area (Å²) in [6.07, 6.45) is 3.27. The molecule has 76 valence electrons. The summed E-state index contributed by atoms with van der Waals surface area (Å²) in [5, 5.41) is 18.6. The Morgan fingerprint density at radius 2 is 2.23 bits per heavy atom. The van der Waals surface area contributed by atoms with E-state index in [0.29, 0.717) is 12.8 Å². The molecule has 0 aromatic carbocycles. The molecule has 4 nitrogen and oxygen atoms in total. The molecule has 13 heavy (non-hydrogen) atoms. The molecule has 4 N–H and O–H groups in total. The van der Waals surface area contributed by atoms with Gasteiger partial charge in [-0.3, -0.25) is 4.79 Å². The first-order chi connectivity index (χ1) is 5.95. The van der Waals surface area contributed by atoms with E-state index >= 15 is 0 Å². The van der Waals surface area contributed by atoms with Gasteiger partial charge < -0.3 is 15.9 Å². The largest absolute Gasteiger partial charge is 0.480 e. The molecule has 3 atom stereocenters. The zero-order valence-corrected chi connectivity index (χ0v) is 7.86. The molecule has 1 fully saturated rings. The molecule has 1 aliphatic rings. The van der Waals surface area contributed by atoms with Crippen LogP contribution in [0, 0.1) is 5.92 Å². The van der Waals surface area contributed by atoms with Gasteiger partial charge in [-0.2, -0.15) is 0 Å². The second-order valence-electron chi connectivity index (χ2n) is 4.07. The standard InChI is InChI=1S/C9H17NO3/c1-9(13)5-3-2-4-6(9)7(10)8(11)12/h6-7,13H,2-5,10H2,1H3,(H,11,12)/t6?,7-,9?/m0/s1. The maximum Gasteiger partial charge on any atom is 0.320 e. The first kappa shape index (κ1) is 10.5. The number of nitrogens with two attached hydrogens (primary N) is 1. The van der Waals surface area contributed by atoms with Gasteiger partial charge in [-0.1, -0.05) is 12.8 Å². The number of rotatable bonds is 2. The molecule has 0 heterocycles. The van der Waals surface area contributed by atoms with Crippen molar-refractivity contribution in [2.75, 3.05) is 0 Å². The molecular formula is C9H17NO3. The fraction of sp³-hybridized carbons (Fsp3) is 0.889. The first-order valence-corrected chi connectivity index (χ1v) is 4.66. The number of carbonyl (C=O) groups is 1. The zero-order chi connectivity index (χ0) is 10.1. The molecule has 0 aromatic rings. The lowest BCUT2D eigenvalue weighted by Crippen LogP contribution is -2.51. The van der Waals surface area contributed by atoms with Crippen LogP contribution < -0.4 is 5.73 Å². The summed E-state index contributed by atoms with van der Waals surface area (Å²) >= 11 is 0. The monoisotopic (exact) mass is 187 g/mol. The van der Waals surface area contributed by atoms with E-state index in [1.165, 1.54) is 0 Å². The highest BCUT2D eigenvalue weighted by molar-refractivity contribution is 5.73. The number of aliphatic carboxylic acids is 1. The van der Waals surface area contributed by atoms with Crippen LogP contribution in [0.25, 0.3) is 0 Å². The van der Waals surface area contributed by atoms with E-state index in [4.69, 9.17) is 10.8 Å². The van der Waals surface area contributed by atoms with E-state index < -0.39 is 17.6 Å². The van der Waals surface area contributed by atoms with Gasteiger partial charge >= 0.3 is 5.97 Å². The van der Waals surface area contributed by atoms with E-state index in [1.54, 1.807) is 6.92 Å². The Morgan fingerprint density at radius 3 is 2.69 bits per heavy atom. The topological polar surface area (TPSA) is 83.5 Å². The van der Waals surface area contributed by atoms with Crippen molar-refractivity contribution in [3.8, 4) is 0 Å². The third-order valence-corrected chi connectivity index (χ3v) is 2.97. The van der Waals surface area contributed by atoms with Crippen LogP contribution in [0.4, 0.5) is 0 Å². The highest BCUT2D eigenvalue weighted by Gasteiger charge is 2.40. The Morgan fingerprint density at radius 1 is 1.62 bits per heavy atom. The van der Waals surface area contributed by atoms with Gasteiger partial charge in [0.2, 0.25) is 0 Å². The summed E-state index contributed by atoms with van der Waals surface area (Å²) in [6.45, 7) is 1.68. The molecule has 1 saturated carbocycles. The lowest BCUT2D eigenvalue weighted by Gasteiger charge is -2.38. The highest BCUT2D eigenvalue weighted by atomic mass is 16.4. The molecule has 1 rings (SSSR count). The third-order valence-electron chi connectivity index (χ3n) is 2.97. The third kappa shape index (κ3) is 2.19. The molecule has 1 aliphatic carbocycles. The summed E-state index contributed by atoms with van der Waals surface area (Å²) in [5.41, 5.74) is 4.60. The molecule has 0 aliphatic heterocycles. The summed E-state index contributed by atoms with van der Waals surface area (Å²) in [4.78, 5) is 10.7. The molecule has 0 amide bonds. The SMILES string of the molecule is CC1(O)CCCCC1[C@H](N)C(=O)O. The minimum Gasteiger partial charge on any atom is -0.480 e. The van der Waals surface area contributed by atoms with E-state index in [9.17, 15) is 9.90 Å². The summed E-state index contributed by atoms with van der Waals surface area (Å²) in [7, 11) is 0. The van der Waals surface area contributed by atoms with Gasteiger partial charge in [-0.05, 0) is 19.8 Å². The molecule has 0 saturated heterocycles. The maximum atomic E-state index is 10.7. The predicted octanol–water partition coefficient (Wildman–Crippen LogP) is 0.339. The van der Waals surface area contributed by atoms with Crippen molar-refractivity contribution in [2.24, 2.45) is 11.7 Å². The van der Waals surface area contributed by atoms with Crippen LogP contribution in [0.1, 0.15) is 32.6 Å². The lowest BCUT2D eigenvalue weighted by molar-refractivity contribution is -0.144. The van der Waals surface area contributed by atoms with Gasteiger partial charge in [0.05, 0.1) is 5.60 Å². The maximum absolute atomic E-state index is 10.7. The normalized spacial score (nSPS) is 37.0. The first-order valence-electron chi connectivity index (χ1n) is 4.66. The molecule has 4 heteroatoms. The average Bonchev–Trinajstić information content (AvgIpc) is 2.02. The number of hydrogen-bond donors (Lipinski definition) is 3. The Balaban J connectivity index is 2.70. The Hall–Kier alpha value is -0.610. The summed E-state index contributed by atoms with van der Waals surface area (Å²) in [6, 6.07) is -0.935. The zero-order valence-electron chi connectivity index (χ0n) is 7.86. The average molecular weight is 187 g/mol. The van der Waals surface area contributed by atoms with Crippen molar-refractivity contribution in [1.29, 1.82) is 0 Å². The Bertz CT molecular complexity index is 203. The summed E-state index contributed by atoms with van der Waals surface area (Å²) < 4.78 is 0. The predicted molar refractivity (Wildman–Crippen MR) is 48.2 cm³/mol.